The Labute approximate surface area is 157 Å². The second kappa shape index (κ2) is 7.03. The zero-order valence-electron chi connectivity index (χ0n) is 15.1. The molecule has 0 aliphatic carbocycles. The van der Waals surface area contributed by atoms with Crippen LogP contribution in [0.1, 0.15) is 25.8 Å². The van der Waals surface area contributed by atoms with Gasteiger partial charge in [0.2, 0.25) is 11.8 Å². The number of H-pyrrole nitrogens is 1. The molecule has 0 bridgehead atoms. The van der Waals surface area contributed by atoms with E-state index in [0.717, 1.165) is 11.1 Å². The smallest absolute Gasteiger partial charge is 0.243 e. The van der Waals surface area contributed by atoms with Crippen LogP contribution in [0.25, 0.3) is 11.4 Å². The van der Waals surface area contributed by atoms with Crippen LogP contribution in [-0.4, -0.2) is 39.2 Å². The number of rotatable bonds is 5. The van der Waals surface area contributed by atoms with Gasteiger partial charge in [0.1, 0.15) is 6.04 Å². The third-order valence-electron chi connectivity index (χ3n) is 4.70. The zero-order chi connectivity index (χ0) is 18.9. The largest absolute Gasteiger partial charge is 0.354 e. The number of hydrogen-bond acceptors (Lipinski definition) is 4. The van der Waals surface area contributed by atoms with Gasteiger partial charge < -0.3 is 10.6 Å². The molecule has 1 unspecified atom stereocenters. The molecule has 2 aromatic rings. The molecular formula is C18H23N5O2S. The van der Waals surface area contributed by atoms with Crippen molar-refractivity contribution >= 4 is 24.0 Å². The molecule has 1 atom stereocenters. The quantitative estimate of drug-likeness (QED) is 0.699. The van der Waals surface area contributed by atoms with E-state index in [1.165, 1.54) is 0 Å². The van der Waals surface area contributed by atoms with Gasteiger partial charge in [0.05, 0.1) is 0 Å². The lowest BCUT2D eigenvalue weighted by Gasteiger charge is -2.24. The summed E-state index contributed by atoms with van der Waals surface area (Å²) in [6.07, 6.45) is 0.215. The van der Waals surface area contributed by atoms with Crippen molar-refractivity contribution in [3.8, 4) is 11.4 Å². The van der Waals surface area contributed by atoms with E-state index in [-0.39, 0.29) is 23.7 Å². The van der Waals surface area contributed by atoms with Crippen molar-refractivity contribution in [2.45, 2.75) is 39.8 Å². The lowest BCUT2D eigenvalue weighted by Crippen LogP contribution is -2.47. The molecule has 1 fully saturated rings. The SMILES string of the molecule is Cc1ccc(-c2n[nH]c(=S)n2CCC(=O)NC2C(=O)NCC2(C)C)cc1. The molecule has 26 heavy (non-hydrogen) atoms. The first-order chi connectivity index (χ1) is 12.3. The molecule has 1 saturated heterocycles. The summed E-state index contributed by atoms with van der Waals surface area (Å²) in [5, 5.41) is 12.7. The van der Waals surface area contributed by atoms with Gasteiger partial charge >= 0.3 is 0 Å². The summed E-state index contributed by atoms with van der Waals surface area (Å²) in [7, 11) is 0. The van der Waals surface area contributed by atoms with Crippen LogP contribution in [0, 0.1) is 17.1 Å². The lowest BCUT2D eigenvalue weighted by atomic mass is 9.87. The maximum Gasteiger partial charge on any atom is 0.243 e. The fourth-order valence-corrected chi connectivity index (χ4v) is 3.25. The van der Waals surface area contributed by atoms with E-state index in [2.05, 4.69) is 20.8 Å². The second-order valence-corrected chi connectivity index (χ2v) is 7.71. The van der Waals surface area contributed by atoms with E-state index in [1.807, 2.05) is 45.0 Å². The Hall–Kier alpha value is -2.48. The number of carbonyl (C=O) groups is 2. The number of carbonyl (C=O) groups excluding carboxylic acids is 2. The summed E-state index contributed by atoms with van der Waals surface area (Å²) in [5.41, 5.74) is 1.79. The molecule has 0 saturated carbocycles. The monoisotopic (exact) mass is 373 g/mol. The molecule has 1 aromatic carbocycles. The Morgan fingerprint density at radius 3 is 2.69 bits per heavy atom. The summed E-state index contributed by atoms with van der Waals surface area (Å²) >= 11 is 5.30. The Balaban J connectivity index is 1.69. The van der Waals surface area contributed by atoms with Gasteiger partial charge in [-0.05, 0) is 19.1 Å². The number of aromatic nitrogens is 3. The van der Waals surface area contributed by atoms with Gasteiger partial charge in [-0.25, -0.2) is 0 Å². The van der Waals surface area contributed by atoms with E-state index in [1.54, 1.807) is 4.57 Å². The predicted octanol–water partition coefficient (Wildman–Crippen LogP) is 1.95. The fraction of sp³-hybridized carbons (Fsp3) is 0.444. The minimum Gasteiger partial charge on any atom is -0.354 e. The van der Waals surface area contributed by atoms with E-state index >= 15 is 0 Å². The van der Waals surface area contributed by atoms with Crippen LogP contribution in [0.4, 0.5) is 0 Å². The Morgan fingerprint density at radius 1 is 1.38 bits per heavy atom. The highest BCUT2D eigenvalue weighted by Gasteiger charge is 2.41. The van der Waals surface area contributed by atoms with Crippen LogP contribution in [0.5, 0.6) is 0 Å². The van der Waals surface area contributed by atoms with Crippen LogP contribution in [0.3, 0.4) is 0 Å². The highest BCUT2D eigenvalue weighted by molar-refractivity contribution is 7.71. The molecule has 1 aromatic heterocycles. The normalized spacial score (nSPS) is 18.6. The number of amides is 2. The predicted molar refractivity (Wildman–Crippen MR) is 101 cm³/mol. The van der Waals surface area contributed by atoms with Gasteiger partial charge in [-0.15, -0.1) is 0 Å². The molecule has 2 amide bonds. The van der Waals surface area contributed by atoms with Gasteiger partial charge in [0.15, 0.2) is 10.6 Å². The van der Waals surface area contributed by atoms with Gasteiger partial charge in [0.25, 0.3) is 0 Å². The van der Waals surface area contributed by atoms with Crippen molar-refractivity contribution < 1.29 is 9.59 Å². The van der Waals surface area contributed by atoms with Crippen LogP contribution in [0.2, 0.25) is 0 Å². The van der Waals surface area contributed by atoms with E-state index in [0.29, 0.717) is 23.7 Å². The molecule has 1 aliphatic heterocycles. The Kier molecular flexibility index (Phi) is 4.95. The van der Waals surface area contributed by atoms with Gasteiger partial charge in [-0.3, -0.25) is 19.3 Å². The van der Waals surface area contributed by atoms with Gasteiger partial charge in [-0.2, -0.15) is 5.10 Å². The first kappa shape index (κ1) is 18.3. The van der Waals surface area contributed by atoms with E-state index in [4.69, 9.17) is 12.2 Å². The van der Waals surface area contributed by atoms with Crippen molar-refractivity contribution in [3.05, 3.63) is 34.6 Å². The number of nitrogens with one attached hydrogen (secondary N) is 3. The molecule has 7 nitrogen and oxygen atoms in total. The molecule has 138 valence electrons. The number of benzene rings is 1. The average Bonchev–Trinajstić information content (AvgIpc) is 3.08. The average molecular weight is 373 g/mol. The first-order valence-electron chi connectivity index (χ1n) is 8.57. The van der Waals surface area contributed by atoms with Crippen molar-refractivity contribution in [3.63, 3.8) is 0 Å². The van der Waals surface area contributed by atoms with Crippen molar-refractivity contribution in [2.75, 3.05) is 6.54 Å². The number of hydrogen-bond donors (Lipinski definition) is 3. The fourth-order valence-electron chi connectivity index (χ4n) is 3.03. The number of nitrogens with zero attached hydrogens (tertiary/aromatic N) is 2. The molecule has 1 aliphatic rings. The standard InChI is InChI=1S/C18H23N5O2S/c1-11-4-6-12(7-5-11)15-21-22-17(26)23(15)9-8-13(24)20-14-16(25)19-10-18(14,2)3/h4-7,14H,8-10H2,1-3H3,(H,19,25)(H,20,24)(H,22,26). The molecule has 2 heterocycles. The summed E-state index contributed by atoms with van der Waals surface area (Å²) < 4.78 is 2.27. The van der Waals surface area contributed by atoms with Crippen LogP contribution < -0.4 is 10.6 Å². The molecule has 0 radical (unpaired) electrons. The van der Waals surface area contributed by atoms with Crippen LogP contribution in [0.15, 0.2) is 24.3 Å². The molecule has 3 N–H and O–H groups in total. The lowest BCUT2D eigenvalue weighted by molar-refractivity contribution is -0.128. The van der Waals surface area contributed by atoms with E-state index in [9.17, 15) is 9.59 Å². The maximum atomic E-state index is 12.4. The minimum atomic E-state index is -0.510. The molecule has 0 spiro atoms. The maximum absolute atomic E-state index is 12.4. The summed E-state index contributed by atoms with van der Waals surface area (Å²) in [5.74, 6) is 0.378. The number of aryl methyl sites for hydroxylation is 1. The van der Waals surface area contributed by atoms with Crippen LogP contribution >= 0.6 is 12.2 Å². The van der Waals surface area contributed by atoms with Crippen molar-refractivity contribution in [2.24, 2.45) is 5.41 Å². The minimum absolute atomic E-state index is 0.136. The summed E-state index contributed by atoms with van der Waals surface area (Å²) in [6, 6.07) is 7.45. The molecule has 3 rings (SSSR count). The second-order valence-electron chi connectivity index (χ2n) is 7.33. The molecular weight excluding hydrogens is 350 g/mol. The van der Waals surface area contributed by atoms with Crippen molar-refractivity contribution in [1.29, 1.82) is 0 Å². The topological polar surface area (TPSA) is 91.8 Å². The van der Waals surface area contributed by atoms with Gasteiger partial charge in [-0.1, -0.05) is 43.7 Å². The molecule has 8 heteroatoms. The highest BCUT2D eigenvalue weighted by Crippen LogP contribution is 2.25. The van der Waals surface area contributed by atoms with Gasteiger partial charge in [0, 0.05) is 30.5 Å². The summed E-state index contributed by atoms with van der Waals surface area (Å²) in [4.78, 5) is 24.3. The Bertz CT molecular complexity index is 882. The third-order valence-corrected chi connectivity index (χ3v) is 5.01. The highest BCUT2D eigenvalue weighted by atomic mass is 32.1. The third kappa shape index (κ3) is 3.70. The van der Waals surface area contributed by atoms with Crippen molar-refractivity contribution in [1.82, 2.24) is 25.4 Å². The summed E-state index contributed by atoms with van der Waals surface area (Å²) in [6.45, 7) is 6.88. The Morgan fingerprint density at radius 2 is 2.08 bits per heavy atom. The first-order valence-corrected chi connectivity index (χ1v) is 8.98. The van der Waals surface area contributed by atoms with E-state index < -0.39 is 6.04 Å². The zero-order valence-corrected chi connectivity index (χ0v) is 15.9. The van der Waals surface area contributed by atoms with Crippen LogP contribution in [-0.2, 0) is 16.1 Å². The number of aromatic amines is 1.